The lowest BCUT2D eigenvalue weighted by Crippen LogP contribution is -2.41. The first-order chi connectivity index (χ1) is 9.16. The van der Waals surface area contributed by atoms with Crippen molar-refractivity contribution < 1.29 is 4.79 Å². The minimum Gasteiger partial charge on any atom is -0.322 e. The van der Waals surface area contributed by atoms with E-state index < -0.39 is 0 Å². The third-order valence-electron chi connectivity index (χ3n) is 3.64. The first-order valence-electron chi connectivity index (χ1n) is 6.79. The molecule has 1 fully saturated rings. The maximum atomic E-state index is 11.9. The molecule has 1 aromatic rings. The number of thiocarbonyl (C=S) groups is 1. The summed E-state index contributed by atoms with van der Waals surface area (Å²) in [6, 6.07) is 9.80. The van der Waals surface area contributed by atoms with Crippen molar-refractivity contribution in [3.8, 4) is 0 Å². The minimum atomic E-state index is 0.0414. The van der Waals surface area contributed by atoms with Gasteiger partial charge in [-0.1, -0.05) is 31.0 Å². The summed E-state index contributed by atoms with van der Waals surface area (Å²) < 4.78 is 0. The van der Waals surface area contributed by atoms with Gasteiger partial charge in [-0.15, -0.1) is 0 Å². The van der Waals surface area contributed by atoms with Gasteiger partial charge in [0.15, 0.2) is 5.11 Å². The molecule has 0 bridgehead atoms. The average molecular weight is 276 g/mol. The van der Waals surface area contributed by atoms with Crippen LogP contribution >= 0.6 is 12.2 Å². The fraction of sp³-hybridized carbons (Fsp3) is 0.467. The van der Waals surface area contributed by atoms with Gasteiger partial charge < -0.3 is 10.2 Å². The van der Waals surface area contributed by atoms with Crippen molar-refractivity contribution in [2.75, 3.05) is 11.9 Å². The largest absolute Gasteiger partial charge is 0.322 e. The van der Waals surface area contributed by atoms with Gasteiger partial charge in [0, 0.05) is 19.2 Å². The van der Waals surface area contributed by atoms with Crippen LogP contribution in [-0.2, 0) is 4.79 Å². The number of anilines is 1. The Kier molecular flexibility index (Phi) is 4.91. The van der Waals surface area contributed by atoms with Gasteiger partial charge in [-0.25, -0.2) is 0 Å². The molecule has 1 aliphatic carbocycles. The topological polar surface area (TPSA) is 32.3 Å². The fourth-order valence-corrected chi connectivity index (χ4v) is 2.72. The van der Waals surface area contributed by atoms with E-state index in [0.29, 0.717) is 17.5 Å². The number of carbonyl (C=O) groups excluding carboxylic acids is 1. The number of rotatable bonds is 3. The van der Waals surface area contributed by atoms with E-state index in [1.807, 2.05) is 42.3 Å². The van der Waals surface area contributed by atoms with Crippen LogP contribution < -0.4 is 10.2 Å². The van der Waals surface area contributed by atoms with E-state index in [0.717, 1.165) is 5.69 Å². The van der Waals surface area contributed by atoms with Gasteiger partial charge in [0.25, 0.3) is 0 Å². The molecular weight excluding hydrogens is 256 g/mol. The molecule has 0 atom stereocenters. The smallest absolute Gasteiger partial charge is 0.226 e. The Bertz CT molecular complexity index is 441. The molecule has 102 valence electrons. The number of nitrogens with zero attached hydrogens (tertiary/aromatic N) is 1. The van der Waals surface area contributed by atoms with E-state index in [2.05, 4.69) is 5.32 Å². The van der Waals surface area contributed by atoms with Crippen LogP contribution in [0.5, 0.6) is 0 Å². The number of hydrogen-bond acceptors (Lipinski definition) is 2. The predicted molar refractivity (Wildman–Crippen MR) is 82.2 cm³/mol. The van der Waals surface area contributed by atoms with E-state index in [-0.39, 0.29) is 5.91 Å². The van der Waals surface area contributed by atoms with Crippen molar-refractivity contribution in [2.24, 2.45) is 5.92 Å². The number of hydrogen-bond donors (Lipinski definition) is 1. The molecule has 0 heterocycles. The second-order valence-electron chi connectivity index (χ2n) is 5.10. The molecule has 1 aromatic carbocycles. The highest BCUT2D eigenvalue weighted by atomic mass is 32.1. The molecule has 0 unspecified atom stereocenters. The van der Waals surface area contributed by atoms with Crippen LogP contribution in [0.4, 0.5) is 5.69 Å². The second kappa shape index (κ2) is 6.66. The van der Waals surface area contributed by atoms with Gasteiger partial charge in [0.05, 0.1) is 0 Å². The Morgan fingerprint density at radius 1 is 1.32 bits per heavy atom. The maximum Gasteiger partial charge on any atom is 0.226 e. The zero-order valence-corrected chi connectivity index (χ0v) is 12.1. The normalized spacial score (nSPS) is 15.2. The number of benzene rings is 1. The minimum absolute atomic E-state index is 0.0414. The Morgan fingerprint density at radius 2 is 1.95 bits per heavy atom. The van der Waals surface area contributed by atoms with Gasteiger partial charge in [-0.3, -0.25) is 4.79 Å². The Morgan fingerprint density at radius 3 is 2.58 bits per heavy atom. The molecule has 0 radical (unpaired) electrons. The molecule has 1 amide bonds. The number of carbonyl (C=O) groups is 1. The highest BCUT2D eigenvalue weighted by Crippen LogP contribution is 2.27. The Balaban J connectivity index is 1.84. The summed E-state index contributed by atoms with van der Waals surface area (Å²) in [5.74, 6) is 0.588. The van der Waals surface area contributed by atoms with Crippen LogP contribution in [0.1, 0.15) is 32.1 Å². The molecule has 1 N–H and O–H groups in total. The molecule has 3 nitrogen and oxygen atoms in total. The van der Waals surface area contributed by atoms with E-state index in [4.69, 9.17) is 12.2 Å². The fourth-order valence-electron chi connectivity index (χ4n) is 2.50. The molecule has 4 heteroatoms. The van der Waals surface area contributed by atoms with Crippen molar-refractivity contribution in [1.82, 2.24) is 5.32 Å². The zero-order chi connectivity index (χ0) is 13.7. The molecule has 0 aromatic heterocycles. The molecule has 0 saturated heterocycles. The zero-order valence-electron chi connectivity index (χ0n) is 11.3. The lowest BCUT2D eigenvalue weighted by molar-refractivity contribution is -0.120. The van der Waals surface area contributed by atoms with Crippen molar-refractivity contribution in [1.29, 1.82) is 0 Å². The van der Waals surface area contributed by atoms with Gasteiger partial charge in [-0.2, -0.15) is 0 Å². The van der Waals surface area contributed by atoms with Crippen molar-refractivity contribution in [3.63, 3.8) is 0 Å². The summed E-state index contributed by atoms with van der Waals surface area (Å²) >= 11 is 5.27. The van der Waals surface area contributed by atoms with Crippen LogP contribution in [0.15, 0.2) is 30.3 Å². The molecule has 2 rings (SSSR count). The van der Waals surface area contributed by atoms with Crippen molar-refractivity contribution >= 4 is 28.9 Å². The van der Waals surface area contributed by atoms with Crippen LogP contribution in [0.3, 0.4) is 0 Å². The summed E-state index contributed by atoms with van der Waals surface area (Å²) in [5, 5.41) is 3.29. The highest BCUT2D eigenvalue weighted by molar-refractivity contribution is 7.80. The quantitative estimate of drug-likeness (QED) is 0.861. The third kappa shape index (κ3) is 4.03. The SMILES string of the molecule is CN(C(=S)NC(=O)CC1CCCC1)c1ccccc1. The average Bonchev–Trinajstić information content (AvgIpc) is 2.91. The van der Waals surface area contributed by atoms with E-state index in [1.165, 1.54) is 25.7 Å². The van der Waals surface area contributed by atoms with Crippen LogP contribution in [0.25, 0.3) is 0 Å². The predicted octanol–water partition coefficient (Wildman–Crippen LogP) is 3.10. The van der Waals surface area contributed by atoms with Gasteiger partial charge in [0.2, 0.25) is 5.91 Å². The molecule has 1 saturated carbocycles. The summed E-state index contributed by atoms with van der Waals surface area (Å²) in [6.07, 6.45) is 5.46. The summed E-state index contributed by atoms with van der Waals surface area (Å²) in [6.45, 7) is 0. The van der Waals surface area contributed by atoms with E-state index >= 15 is 0 Å². The maximum absolute atomic E-state index is 11.9. The first kappa shape index (κ1) is 14.0. The molecule has 0 aliphatic heterocycles. The standard InChI is InChI=1S/C15H20N2OS/c1-17(13-9-3-2-4-10-13)15(19)16-14(18)11-12-7-5-6-8-12/h2-4,9-10,12H,5-8,11H2,1H3,(H,16,18,19). The van der Waals surface area contributed by atoms with E-state index in [9.17, 15) is 4.79 Å². The summed E-state index contributed by atoms with van der Waals surface area (Å²) in [5.41, 5.74) is 0.980. The Labute approximate surface area is 120 Å². The van der Waals surface area contributed by atoms with Crippen LogP contribution in [-0.4, -0.2) is 18.1 Å². The first-order valence-corrected chi connectivity index (χ1v) is 7.20. The summed E-state index contributed by atoms with van der Waals surface area (Å²) in [4.78, 5) is 13.7. The van der Waals surface area contributed by atoms with Crippen LogP contribution in [0, 0.1) is 5.92 Å². The lowest BCUT2D eigenvalue weighted by atomic mass is 10.0. The lowest BCUT2D eigenvalue weighted by Gasteiger charge is -2.21. The van der Waals surface area contributed by atoms with Gasteiger partial charge in [0.1, 0.15) is 0 Å². The van der Waals surface area contributed by atoms with Crippen molar-refractivity contribution in [2.45, 2.75) is 32.1 Å². The molecular formula is C15H20N2OS. The van der Waals surface area contributed by atoms with Crippen molar-refractivity contribution in [3.05, 3.63) is 30.3 Å². The number of amides is 1. The summed E-state index contributed by atoms with van der Waals surface area (Å²) in [7, 11) is 1.87. The monoisotopic (exact) mass is 276 g/mol. The molecule has 19 heavy (non-hydrogen) atoms. The number of nitrogens with one attached hydrogen (secondary N) is 1. The molecule has 0 spiro atoms. The third-order valence-corrected chi connectivity index (χ3v) is 4.02. The second-order valence-corrected chi connectivity index (χ2v) is 5.49. The van der Waals surface area contributed by atoms with Gasteiger partial charge >= 0.3 is 0 Å². The van der Waals surface area contributed by atoms with Gasteiger partial charge in [-0.05, 0) is 43.1 Å². The van der Waals surface area contributed by atoms with E-state index in [1.54, 1.807) is 0 Å². The van der Waals surface area contributed by atoms with Crippen LogP contribution in [0.2, 0.25) is 0 Å². The number of para-hydroxylation sites is 1. The Hall–Kier alpha value is -1.42. The molecule has 1 aliphatic rings. The highest BCUT2D eigenvalue weighted by Gasteiger charge is 2.19.